The molecular weight excluding hydrogens is 288 g/mol. The Balaban J connectivity index is 2.06. The predicted molar refractivity (Wildman–Crippen MR) is 81.6 cm³/mol. The monoisotopic (exact) mass is 310 g/mol. The second-order valence-corrected chi connectivity index (χ2v) is 6.30. The van der Waals surface area contributed by atoms with Gasteiger partial charge in [0, 0.05) is 18.5 Å². The van der Waals surface area contributed by atoms with E-state index in [0.717, 1.165) is 43.7 Å². The molecule has 6 heteroatoms. The Morgan fingerprint density at radius 2 is 2.10 bits per heavy atom. The number of nitrogens with zero attached hydrogens (tertiary/aromatic N) is 2. The van der Waals surface area contributed by atoms with Gasteiger partial charge in [0.05, 0.1) is 6.61 Å². The van der Waals surface area contributed by atoms with Crippen LogP contribution in [0.1, 0.15) is 60.3 Å². The quantitative estimate of drug-likeness (QED) is 0.785. The molecule has 1 amide bonds. The predicted octanol–water partition coefficient (Wildman–Crippen LogP) is 2.97. The van der Waals surface area contributed by atoms with Crippen LogP contribution in [0, 0.1) is 5.41 Å². The van der Waals surface area contributed by atoms with Crippen LogP contribution in [0.15, 0.2) is 5.38 Å². The first-order valence-corrected chi connectivity index (χ1v) is 8.35. The number of carbonyl (C=O) groups excluding carboxylic acids is 2. The first-order chi connectivity index (χ1) is 10.0. The molecule has 0 atom stereocenters. The molecule has 21 heavy (non-hydrogen) atoms. The largest absolute Gasteiger partial charge is 0.461 e. The van der Waals surface area contributed by atoms with Crippen LogP contribution in [0.4, 0.5) is 0 Å². The zero-order chi connectivity index (χ0) is 15.5. The molecule has 0 N–H and O–H groups in total. The molecule has 5 nitrogen and oxygen atoms in total. The van der Waals surface area contributed by atoms with Gasteiger partial charge in [0.1, 0.15) is 5.69 Å². The Labute approximate surface area is 129 Å². The molecule has 0 saturated carbocycles. The van der Waals surface area contributed by atoms with Gasteiger partial charge < -0.3 is 9.64 Å². The number of amides is 1. The van der Waals surface area contributed by atoms with E-state index in [9.17, 15) is 9.59 Å². The Morgan fingerprint density at radius 3 is 2.67 bits per heavy atom. The SMILES string of the molecule is CCOC(=O)c1nc(C(=O)N2CCC(CC)(CC)C2)cs1. The molecule has 1 aliphatic heterocycles. The topological polar surface area (TPSA) is 59.5 Å². The van der Waals surface area contributed by atoms with Crippen LogP contribution in [0.5, 0.6) is 0 Å². The summed E-state index contributed by atoms with van der Waals surface area (Å²) in [6.45, 7) is 7.97. The zero-order valence-corrected chi connectivity index (χ0v) is 13.7. The van der Waals surface area contributed by atoms with E-state index in [1.165, 1.54) is 0 Å². The highest BCUT2D eigenvalue weighted by atomic mass is 32.1. The summed E-state index contributed by atoms with van der Waals surface area (Å²) >= 11 is 1.16. The molecule has 1 aromatic rings. The Hall–Kier alpha value is -1.43. The van der Waals surface area contributed by atoms with E-state index in [4.69, 9.17) is 4.74 Å². The average Bonchev–Trinajstić information content (AvgIpc) is 3.14. The van der Waals surface area contributed by atoms with Crippen LogP contribution in [0.25, 0.3) is 0 Å². The Kier molecular flexibility index (Phi) is 4.98. The zero-order valence-electron chi connectivity index (χ0n) is 12.8. The standard InChI is InChI=1S/C15H22N2O3S/c1-4-15(5-2)7-8-17(10-15)13(18)11-9-21-12(16-11)14(19)20-6-3/h9H,4-8,10H2,1-3H3. The number of hydrogen-bond acceptors (Lipinski definition) is 5. The van der Waals surface area contributed by atoms with Gasteiger partial charge in [-0.2, -0.15) is 0 Å². The van der Waals surface area contributed by atoms with Crippen molar-refractivity contribution in [1.82, 2.24) is 9.88 Å². The number of carbonyl (C=O) groups is 2. The maximum atomic E-state index is 12.5. The van der Waals surface area contributed by atoms with Gasteiger partial charge in [-0.3, -0.25) is 4.79 Å². The summed E-state index contributed by atoms with van der Waals surface area (Å²) in [7, 11) is 0. The van der Waals surface area contributed by atoms with Crippen molar-refractivity contribution in [2.24, 2.45) is 5.41 Å². The highest BCUT2D eigenvalue weighted by Crippen LogP contribution is 2.37. The van der Waals surface area contributed by atoms with E-state index in [0.29, 0.717) is 12.3 Å². The smallest absolute Gasteiger partial charge is 0.367 e. The van der Waals surface area contributed by atoms with Gasteiger partial charge in [0.2, 0.25) is 5.01 Å². The lowest BCUT2D eigenvalue weighted by Crippen LogP contribution is -2.32. The van der Waals surface area contributed by atoms with Crippen molar-refractivity contribution in [1.29, 1.82) is 0 Å². The van der Waals surface area contributed by atoms with E-state index in [1.807, 2.05) is 4.90 Å². The maximum Gasteiger partial charge on any atom is 0.367 e. The third-order valence-electron chi connectivity index (χ3n) is 4.40. The van der Waals surface area contributed by atoms with E-state index in [-0.39, 0.29) is 16.3 Å². The van der Waals surface area contributed by atoms with E-state index >= 15 is 0 Å². The molecule has 1 fully saturated rings. The summed E-state index contributed by atoms with van der Waals surface area (Å²) in [5.41, 5.74) is 0.599. The molecule has 0 spiro atoms. The van der Waals surface area contributed by atoms with E-state index < -0.39 is 5.97 Å². The molecule has 0 aliphatic carbocycles. The van der Waals surface area contributed by atoms with Crippen LogP contribution in [-0.4, -0.2) is 41.5 Å². The van der Waals surface area contributed by atoms with Gasteiger partial charge in [-0.1, -0.05) is 13.8 Å². The second kappa shape index (κ2) is 6.56. The number of rotatable bonds is 5. The highest BCUT2D eigenvalue weighted by Gasteiger charge is 2.37. The lowest BCUT2D eigenvalue weighted by atomic mass is 9.82. The van der Waals surface area contributed by atoms with Crippen molar-refractivity contribution in [3.63, 3.8) is 0 Å². The molecule has 0 radical (unpaired) electrons. The Morgan fingerprint density at radius 1 is 1.38 bits per heavy atom. The minimum Gasteiger partial charge on any atom is -0.461 e. The molecule has 0 unspecified atom stereocenters. The fourth-order valence-corrected chi connectivity index (χ4v) is 3.44. The fourth-order valence-electron chi connectivity index (χ4n) is 2.76. The van der Waals surface area contributed by atoms with Crippen molar-refractivity contribution in [3.8, 4) is 0 Å². The van der Waals surface area contributed by atoms with Gasteiger partial charge >= 0.3 is 5.97 Å². The first-order valence-electron chi connectivity index (χ1n) is 7.47. The van der Waals surface area contributed by atoms with Crippen LogP contribution in [0.3, 0.4) is 0 Å². The van der Waals surface area contributed by atoms with Gasteiger partial charge in [0.25, 0.3) is 5.91 Å². The molecule has 1 saturated heterocycles. The van der Waals surface area contributed by atoms with E-state index in [1.54, 1.807) is 12.3 Å². The molecule has 1 aromatic heterocycles. The summed E-state index contributed by atoms with van der Waals surface area (Å²) in [4.78, 5) is 30.1. The van der Waals surface area contributed by atoms with Crippen molar-refractivity contribution >= 4 is 23.2 Å². The van der Waals surface area contributed by atoms with Gasteiger partial charge in [-0.25, -0.2) is 9.78 Å². The summed E-state index contributed by atoms with van der Waals surface area (Å²) in [5.74, 6) is -0.537. The summed E-state index contributed by atoms with van der Waals surface area (Å²) in [6, 6.07) is 0. The van der Waals surface area contributed by atoms with Crippen molar-refractivity contribution in [3.05, 3.63) is 16.1 Å². The summed E-state index contributed by atoms with van der Waals surface area (Å²) in [5, 5.41) is 1.89. The normalized spacial score (nSPS) is 17.0. The van der Waals surface area contributed by atoms with Crippen LogP contribution < -0.4 is 0 Å². The lowest BCUT2D eigenvalue weighted by Gasteiger charge is -2.26. The molecular formula is C15H22N2O3S. The van der Waals surface area contributed by atoms with Crippen molar-refractivity contribution in [2.45, 2.75) is 40.0 Å². The van der Waals surface area contributed by atoms with Crippen LogP contribution in [-0.2, 0) is 4.74 Å². The average molecular weight is 310 g/mol. The van der Waals surface area contributed by atoms with Gasteiger partial charge in [-0.05, 0) is 31.6 Å². The molecule has 2 heterocycles. The molecule has 0 aromatic carbocycles. The highest BCUT2D eigenvalue weighted by molar-refractivity contribution is 7.11. The number of ether oxygens (including phenoxy) is 1. The number of hydrogen-bond donors (Lipinski definition) is 0. The van der Waals surface area contributed by atoms with Gasteiger partial charge in [0.15, 0.2) is 0 Å². The van der Waals surface area contributed by atoms with Crippen molar-refractivity contribution in [2.75, 3.05) is 19.7 Å². The molecule has 116 valence electrons. The van der Waals surface area contributed by atoms with Gasteiger partial charge in [-0.15, -0.1) is 11.3 Å². The van der Waals surface area contributed by atoms with E-state index in [2.05, 4.69) is 18.8 Å². The van der Waals surface area contributed by atoms with Crippen LogP contribution in [0.2, 0.25) is 0 Å². The molecule has 0 bridgehead atoms. The lowest BCUT2D eigenvalue weighted by molar-refractivity contribution is 0.0526. The minimum absolute atomic E-state index is 0.0782. The van der Waals surface area contributed by atoms with Crippen LogP contribution >= 0.6 is 11.3 Å². The van der Waals surface area contributed by atoms with Crippen molar-refractivity contribution < 1.29 is 14.3 Å². The Bertz CT molecular complexity index is 523. The summed E-state index contributed by atoms with van der Waals surface area (Å²) < 4.78 is 4.90. The summed E-state index contributed by atoms with van der Waals surface area (Å²) in [6.07, 6.45) is 3.21. The molecule has 1 aliphatic rings. The minimum atomic E-state index is -0.459. The maximum absolute atomic E-state index is 12.5. The number of thiazole rings is 1. The third kappa shape index (κ3) is 3.26. The number of likely N-dealkylation sites (tertiary alicyclic amines) is 1. The number of aromatic nitrogens is 1. The first kappa shape index (κ1) is 15.9. The second-order valence-electron chi connectivity index (χ2n) is 5.44. The third-order valence-corrected chi connectivity index (χ3v) is 5.22. The number of esters is 1. The fraction of sp³-hybridized carbons (Fsp3) is 0.667. The molecule has 2 rings (SSSR count).